The largest absolute Gasteiger partial charge is 0.386 e. The molecule has 0 spiro atoms. The van der Waals surface area contributed by atoms with Crippen molar-refractivity contribution in [3.63, 3.8) is 0 Å². The van der Waals surface area contributed by atoms with Crippen molar-refractivity contribution in [3.05, 3.63) is 0 Å². The molecule has 0 saturated heterocycles. The molecule has 2 nitrogen and oxygen atoms in total. The third-order valence-corrected chi connectivity index (χ3v) is 0.807. The molecule has 3 heteroatoms. The van der Waals surface area contributed by atoms with E-state index in [4.69, 9.17) is 5.11 Å². The summed E-state index contributed by atoms with van der Waals surface area (Å²) in [7, 11) is 0. The fraction of sp³-hybridized carbons (Fsp3) is 0.800. The van der Waals surface area contributed by atoms with E-state index in [-0.39, 0.29) is 6.42 Å². The van der Waals surface area contributed by atoms with Gasteiger partial charge in [0.25, 0.3) is 0 Å². The lowest BCUT2D eigenvalue weighted by Gasteiger charge is -1.97. The molecule has 0 rings (SSSR count). The summed E-state index contributed by atoms with van der Waals surface area (Å²) >= 11 is 0. The second-order valence-corrected chi connectivity index (χ2v) is 1.58. The minimum absolute atomic E-state index is 0.169. The van der Waals surface area contributed by atoms with Crippen LogP contribution in [0.15, 0.2) is 0 Å². The molecular formula is C5H9FO2. The molecule has 0 amide bonds. The summed E-state index contributed by atoms with van der Waals surface area (Å²) in [6, 6.07) is 0. The van der Waals surface area contributed by atoms with Crippen LogP contribution >= 0.6 is 0 Å². The molecule has 1 unspecified atom stereocenters. The van der Waals surface area contributed by atoms with Gasteiger partial charge in [0.15, 0.2) is 5.78 Å². The number of Topliss-reactive ketones (excluding diaryl/α,β-unsaturated/α-hetero) is 1. The SMILES string of the molecule is CC(O)C(=O)CCF. The van der Waals surface area contributed by atoms with E-state index < -0.39 is 18.6 Å². The predicted octanol–water partition coefficient (Wildman–Crippen LogP) is 0.296. The molecule has 0 heterocycles. The van der Waals surface area contributed by atoms with Crippen LogP contribution in [0.1, 0.15) is 13.3 Å². The molecule has 0 saturated carbocycles. The van der Waals surface area contributed by atoms with Gasteiger partial charge in [-0.05, 0) is 6.92 Å². The molecule has 1 atom stereocenters. The molecule has 0 bridgehead atoms. The van der Waals surface area contributed by atoms with Crippen LogP contribution in [0.25, 0.3) is 0 Å². The summed E-state index contributed by atoms with van der Waals surface area (Å²) < 4.78 is 11.3. The molecule has 0 fully saturated rings. The van der Waals surface area contributed by atoms with Gasteiger partial charge in [-0.3, -0.25) is 9.18 Å². The number of rotatable bonds is 3. The van der Waals surface area contributed by atoms with Crippen molar-refractivity contribution in [2.24, 2.45) is 0 Å². The zero-order valence-electron chi connectivity index (χ0n) is 4.72. The quantitative estimate of drug-likeness (QED) is 0.581. The van der Waals surface area contributed by atoms with E-state index in [1.54, 1.807) is 0 Å². The predicted molar refractivity (Wildman–Crippen MR) is 27.3 cm³/mol. The van der Waals surface area contributed by atoms with Gasteiger partial charge in [0.05, 0.1) is 6.67 Å². The van der Waals surface area contributed by atoms with Crippen LogP contribution in [0, 0.1) is 0 Å². The molecule has 0 aromatic heterocycles. The van der Waals surface area contributed by atoms with Crippen molar-refractivity contribution in [3.8, 4) is 0 Å². The number of aliphatic hydroxyl groups excluding tert-OH is 1. The van der Waals surface area contributed by atoms with E-state index in [0.717, 1.165) is 0 Å². The fourth-order valence-corrected chi connectivity index (χ4v) is 0.302. The van der Waals surface area contributed by atoms with Crippen molar-refractivity contribution < 1.29 is 14.3 Å². The van der Waals surface area contributed by atoms with Gasteiger partial charge in [0, 0.05) is 6.42 Å². The van der Waals surface area contributed by atoms with Crippen LogP contribution in [0.2, 0.25) is 0 Å². The number of hydrogen-bond donors (Lipinski definition) is 1. The summed E-state index contributed by atoms with van der Waals surface area (Å²) in [5, 5.41) is 8.44. The highest BCUT2D eigenvalue weighted by molar-refractivity contribution is 5.82. The lowest BCUT2D eigenvalue weighted by Crippen LogP contribution is -2.15. The average molecular weight is 120 g/mol. The third kappa shape index (κ3) is 2.69. The zero-order valence-corrected chi connectivity index (χ0v) is 4.72. The minimum atomic E-state index is -1.01. The maximum Gasteiger partial charge on any atom is 0.163 e. The molecule has 0 aliphatic rings. The van der Waals surface area contributed by atoms with Gasteiger partial charge in [0.1, 0.15) is 6.10 Å². The van der Waals surface area contributed by atoms with Crippen molar-refractivity contribution >= 4 is 5.78 Å². The first kappa shape index (κ1) is 7.56. The Kier molecular flexibility index (Phi) is 3.35. The summed E-state index contributed by atoms with van der Waals surface area (Å²) in [6.07, 6.45) is -1.18. The first-order chi connectivity index (χ1) is 3.68. The Hall–Kier alpha value is -0.440. The number of hydrogen-bond acceptors (Lipinski definition) is 2. The summed E-state index contributed by atoms with van der Waals surface area (Å²) in [4.78, 5) is 10.3. The minimum Gasteiger partial charge on any atom is -0.386 e. The normalized spacial score (nSPS) is 13.4. The molecule has 1 N–H and O–H groups in total. The number of ketones is 1. The van der Waals surface area contributed by atoms with Crippen LogP contribution in [0.3, 0.4) is 0 Å². The number of aliphatic hydroxyl groups is 1. The monoisotopic (exact) mass is 120 g/mol. The zero-order chi connectivity index (χ0) is 6.57. The molecule has 0 aromatic carbocycles. The van der Waals surface area contributed by atoms with Crippen molar-refractivity contribution in [2.45, 2.75) is 19.4 Å². The smallest absolute Gasteiger partial charge is 0.163 e. The first-order valence-electron chi connectivity index (χ1n) is 2.45. The van der Waals surface area contributed by atoms with E-state index >= 15 is 0 Å². The summed E-state index contributed by atoms with van der Waals surface area (Å²) in [5.41, 5.74) is 0. The van der Waals surface area contributed by atoms with Gasteiger partial charge in [0.2, 0.25) is 0 Å². The van der Waals surface area contributed by atoms with E-state index in [1.807, 2.05) is 0 Å². The van der Waals surface area contributed by atoms with E-state index in [2.05, 4.69) is 0 Å². The Labute approximate surface area is 47.3 Å². The topological polar surface area (TPSA) is 37.3 Å². The molecule has 0 aromatic rings. The second-order valence-electron chi connectivity index (χ2n) is 1.58. The van der Waals surface area contributed by atoms with Crippen LogP contribution in [-0.2, 0) is 4.79 Å². The Morgan fingerprint density at radius 2 is 2.38 bits per heavy atom. The molecular weight excluding hydrogens is 111 g/mol. The molecule has 8 heavy (non-hydrogen) atoms. The second kappa shape index (κ2) is 3.55. The standard InChI is InChI=1S/C5H9FO2/c1-4(7)5(8)2-3-6/h4,7H,2-3H2,1H3. The van der Waals surface area contributed by atoms with Crippen LogP contribution in [-0.4, -0.2) is 23.7 Å². The number of halogens is 1. The number of carbonyl (C=O) groups excluding carboxylic acids is 1. The van der Waals surface area contributed by atoms with Gasteiger partial charge in [-0.2, -0.15) is 0 Å². The molecule has 0 aliphatic heterocycles. The first-order valence-corrected chi connectivity index (χ1v) is 2.45. The van der Waals surface area contributed by atoms with Crippen molar-refractivity contribution in [1.82, 2.24) is 0 Å². The van der Waals surface area contributed by atoms with Crippen molar-refractivity contribution in [1.29, 1.82) is 0 Å². The van der Waals surface area contributed by atoms with Gasteiger partial charge >= 0.3 is 0 Å². The summed E-state index contributed by atoms with van der Waals surface area (Å²) in [5.74, 6) is -0.437. The van der Waals surface area contributed by atoms with Gasteiger partial charge in [-0.1, -0.05) is 0 Å². The highest BCUT2D eigenvalue weighted by Gasteiger charge is 2.06. The van der Waals surface area contributed by atoms with Crippen LogP contribution in [0.5, 0.6) is 0 Å². The highest BCUT2D eigenvalue weighted by Crippen LogP contribution is 1.89. The summed E-state index contributed by atoms with van der Waals surface area (Å²) in [6.45, 7) is 0.654. The third-order valence-electron chi connectivity index (χ3n) is 0.807. The number of alkyl halides is 1. The Balaban J connectivity index is 3.33. The fourth-order valence-electron chi connectivity index (χ4n) is 0.302. The Bertz CT molecular complexity index is 80.5. The Morgan fingerprint density at radius 3 is 2.50 bits per heavy atom. The van der Waals surface area contributed by atoms with E-state index in [9.17, 15) is 9.18 Å². The van der Waals surface area contributed by atoms with Gasteiger partial charge < -0.3 is 5.11 Å². The highest BCUT2D eigenvalue weighted by atomic mass is 19.1. The average Bonchev–Trinajstić information content (AvgIpc) is 1.67. The Morgan fingerprint density at radius 1 is 1.88 bits per heavy atom. The van der Waals surface area contributed by atoms with Gasteiger partial charge in [-0.15, -0.1) is 0 Å². The molecule has 0 radical (unpaired) electrons. The van der Waals surface area contributed by atoms with E-state index in [0.29, 0.717) is 0 Å². The molecule has 48 valence electrons. The van der Waals surface area contributed by atoms with Crippen LogP contribution in [0.4, 0.5) is 4.39 Å². The number of carbonyl (C=O) groups is 1. The van der Waals surface area contributed by atoms with Crippen LogP contribution < -0.4 is 0 Å². The molecule has 0 aliphatic carbocycles. The maximum atomic E-state index is 11.3. The lowest BCUT2D eigenvalue weighted by molar-refractivity contribution is -0.126. The van der Waals surface area contributed by atoms with Crippen molar-refractivity contribution in [2.75, 3.05) is 6.67 Å². The maximum absolute atomic E-state index is 11.3. The lowest BCUT2D eigenvalue weighted by atomic mass is 10.2. The van der Waals surface area contributed by atoms with E-state index in [1.165, 1.54) is 6.92 Å². The van der Waals surface area contributed by atoms with Gasteiger partial charge in [-0.25, -0.2) is 0 Å².